The van der Waals surface area contributed by atoms with Crippen molar-refractivity contribution < 1.29 is 10.0 Å². The molecule has 28 heavy (non-hydrogen) atoms. The van der Waals surface area contributed by atoms with Gasteiger partial charge in [-0.2, -0.15) is 0 Å². The van der Waals surface area contributed by atoms with E-state index in [1.54, 1.807) is 0 Å². The van der Waals surface area contributed by atoms with Gasteiger partial charge in [0.25, 0.3) is 0 Å². The number of amidine groups is 1. The summed E-state index contributed by atoms with van der Waals surface area (Å²) < 4.78 is 0.904. The van der Waals surface area contributed by atoms with Crippen LogP contribution in [0.15, 0.2) is 70.1 Å². The molecule has 0 spiro atoms. The van der Waals surface area contributed by atoms with Crippen LogP contribution in [0.3, 0.4) is 0 Å². The van der Waals surface area contributed by atoms with E-state index >= 15 is 0 Å². The number of anilines is 1. The molecule has 2 aromatic carbocycles. The summed E-state index contributed by atoms with van der Waals surface area (Å²) >= 11 is 4.83. The van der Waals surface area contributed by atoms with Crippen molar-refractivity contribution in [2.45, 2.75) is 13.5 Å². The van der Waals surface area contributed by atoms with Crippen molar-refractivity contribution in [2.24, 2.45) is 4.99 Å². The highest BCUT2D eigenvalue weighted by Gasteiger charge is 2.09. The zero-order valence-electron chi connectivity index (χ0n) is 15.1. The second kappa shape index (κ2) is 9.50. The van der Waals surface area contributed by atoms with Crippen molar-refractivity contribution in [1.29, 1.82) is 0 Å². The molecule has 0 atom stereocenters. The summed E-state index contributed by atoms with van der Waals surface area (Å²) in [5.74, 6) is 0.346. The highest BCUT2D eigenvalue weighted by molar-refractivity contribution is 9.10. The first-order valence-corrected chi connectivity index (χ1v) is 10.1. The number of amides is 2. The third-order valence-corrected chi connectivity index (χ3v) is 5.33. The number of hydrogen-bond donors (Lipinski definition) is 4. The Morgan fingerprint density at radius 3 is 2.71 bits per heavy atom. The first-order chi connectivity index (χ1) is 13.5. The summed E-state index contributed by atoms with van der Waals surface area (Å²) in [5, 5.41) is 15.1. The van der Waals surface area contributed by atoms with Crippen LogP contribution in [0.25, 0.3) is 0 Å². The molecule has 0 aliphatic heterocycles. The summed E-state index contributed by atoms with van der Waals surface area (Å²) in [6.07, 6.45) is 0. The average Bonchev–Trinajstić information content (AvgIpc) is 3.13. The fraction of sp³-hybridized carbons (Fsp3) is 0.100. The molecule has 1 aromatic heterocycles. The lowest BCUT2D eigenvalue weighted by Crippen LogP contribution is -2.27. The van der Waals surface area contributed by atoms with Gasteiger partial charge in [-0.1, -0.05) is 34.1 Å². The van der Waals surface area contributed by atoms with Crippen LogP contribution in [0.5, 0.6) is 0 Å². The molecule has 8 heteroatoms. The molecule has 3 aromatic rings. The van der Waals surface area contributed by atoms with E-state index in [0.717, 1.165) is 25.5 Å². The van der Waals surface area contributed by atoms with E-state index in [9.17, 15) is 10.0 Å². The number of urea groups is 1. The number of hydrogen-bond acceptors (Lipinski definition) is 4. The first kappa shape index (κ1) is 20.1. The van der Waals surface area contributed by atoms with Gasteiger partial charge in [-0.15, -0.1) is 11.3 Å². The van der Waals surface area contributed by atoms with E-state index < -0.39 is 0 Å². The third kappa shape index (κ3) is 5.66. The lowest BCUT2D eigenvalue weighted by atomic mass is 10.2. The molecule has 0 aliphatic carbocycles. The zero-order valence-corrected chi connectivity index (χ0v) is 17.5. The minimum absolute atomic E-state index is 0.274. The van der Waals surface area contributed by atoms with Gasteiger partial charge in [-0.3, -0.25) is 10.7 Å². The molecule has 144 valence electrons. The van der Waals surface area contributed by atoms with Crippen LogP contribution in [-0.2, 0) is 6.54 Å². The van der Waals surface area contributed by atoms with Crippen molar-refractivity contribution in [2.75, 3.05) is 5.32 Å². The molecular formula is C20H19BrN4O2S. The van der Waals surface area contributed by atoms with Crippen molar-refractivity contribution in [3.8, 4) is 0 Å². The topological polar surface area (TPSA) is 85.8 Å². The predicted octanol–water partition coefficient (Wildman–Crippen LogP) is 5.20. The number of nitrogens with zero attached hydrogens (tertiary/aromatic N) is 1. The van der Waals surface area contributed by atoms with Crippen LogP contribution in [0.2, 0.25) is 0 Å². The Hall–Kier alpha value is -2.68. The van der Waals surface area contributed by atoms with E-state index in [-0.39, 0.29) is 6.03 Å². The van der Waals surface area contributed by atoms with E-state index in [1.165, 1.54) is 11.3 Å². The van der Waals surface area contributed by atoms with Crippen molar-refractivity contribution >= 4 is 50.5 Å². The Kier molecular flexibility index (Phi) is 6.80. The number of carbonyl (C=O) groups excluding carboxylic acids is 1. The number of aryl methyl sites for hydroxylation is 1. The van der Waals surface area contributed by atoms with E-state index in [0.29, 0.717) is 18.1 Å². The Bertz CT molecular complexity index is 1000. The summed E-state index contributed by atoms with van der Waals surface area (Å²) in [4.78, 5) is 18.2. The predicted molar refractivity (Wildman–Crippen MR) is 117 cm³/mol. The van der Waals surface area contributed by atoms with Gasteiger partial charge in [0.2, 0.25) is 0 Å². The van der Waals surface area contributed by atoms with Gasteiger partial charge in [0.05, 0.1) is 17.1 Å². The Morgan fingerprint density at radius 2 is 1.96 bits per heavy atom. The maximum Gasteiger partial charge on any atom is 0.319 e. The molecule has 0 saturated carbocycles. The van der Waals surface area contributed by atoms with Crippen molar-refractivity contribution in [3.63, 3.8) is 0 Å². The maximum absolute atomic E-state index is 12.1. The van der Waals surface area contributed by atoms with E-state index in [4.69, 9.17) is 0 Å². The molecule has 0 aliphatic rings. The van der Waals surface area contributed by atoms with Crippen molar-refractivity contribution in [3.05, 3.63) is 80.5 Å². The molecule has 1 heterocycles. The SMILES string of the molecule is Cc1cccc(NC(=O)NCc2ccc(C(=Nc3cccc(Br)c3)NO)s2)c1. The summed E-state index contributed by atoms with van der Waals surface area (Å²) in [7, 11) is 0. The summed E-state index contributed by atoms with van der Waals surface area (Å²) in [6.45, 7) is 2.34. The second-order valence-corrected chi connectivity index (χ2v) is 8.08. The van der Waals surface area contributed by atoms with Crippen LogP contribution < -0.4 is 16.1 Å². The van der Waals surface area contributed by atoms with Crippen LogP contribution in [0, 0.1) is 6.92 Å². The molecular weight excluding hydrogens is 440 g/mol. The summed E-state index contributed by atoms with van der Waals surface area (Å²) in [5.41, 5.74) is 4.68. The van der Waals surface area contributed by atoms with E-state index in [2.05, 4.69) is 37.0 Å². The minimum atomic E-state index is -0.274. The molecule has 0 saturated heterocycles. The number of thiophene rings is 1. The smallest absolute Gasteiger partial charge is 0.319 e. The minimum Gasteiger partial charge on any atom is -0.333 e. The maximum atomic E-state index is 12.1. The Balaban J connectivity index is 1.62. The first-order valence-electron chi connectivity index (χ1n) is 8.48. The summed E-state index contributed by atoms with van der Waals surface area (Å²) in [6, 6.07) is 18.5. The monoisotopic (exact) mass is 458 g/mol. The Morgan fingerprint density at radius 1 is 1.14 bits per heavy atom. The number of halogens is 1. The third-order valence-electron chi connectivity index (χ3n) is 3.75. The average molecular weight is 459 g/mol. The molecule has 0 radical (unpaired) electrons. The van der Waals surface area contributed by atoms with Gasteiger partial charge in [0.1, 0.15) is 0 Å². The van der Waals surface area contributed by atoms with Gasteiger partial charge in [-0.25, -0.2) is 9.79 Å². The number of hydroxylamine groups is 1. The van der Waals surface area contributed by atoms with Crippen LogP contribution in [0.1, 0.15) is 15.3 Å². The molecule has 2 amide bonds. The number of aliphatic imine (C=N–C) groups is 1. The fourth-order valence-corrected chi connectivity index (χ4v) is 3.75. The van der Waals surface area contributed by atoms with Gasteiger partial charge in [0, 0.05) is 15.0 Å². The lowest BCUT2D eigenvalue weighted by Gasteiger charge is -2.07. The van der Waals surface area contributed by atoms with Gasteiger partial charge in [-0.05, 0) is 55.0 Å². The lowest BCUT2D eigenvalue weighted by molar-refractivity contribution is 0.235. The number of benzene rings is 2. The molecule has 0 unspecified atom stereocenters. The van der Waals surface area contributed by atoms with Crippen molar-refractivity contribution in [1.82, 2.24) is 10.8 Å². The van der Waals surface area contributed by atoms with Gasteiger partial charge >= 0.3 is 6.03 Å². The quantitative estimate of drug-likeness (QED) is 0.240. The highest BCUT2D eigenvalue weighted by atomic mass is 79.9. The number of rotatable bonds is 5. The molecule has 0 fully saturated rings. The molecule has 4 N–H and O–H groups in total. The largest absolute Gasteiger partial charge is 0.333 e. The number of carbonyl (C=O) groups is 1. The Labute approximate surface area is 175 Å². The number of nitrogens with one attached hydrogen (secondary N) is 3. The zero-order chi connectivity index (χ0) is 19.9. The fourth-order valence-electron chi connectivity index (χ4n) is 2.48. The second-order valence-electron chi connectivity index (χ2n) is 6.00. The van der Waals surface area contributed by atoms with E-state index in [1.807, 2.05) is 67.6 Å². The van der Waals surface area contributed by atoms with Crippen LogP contribution >= 0.6 is 27.3 Å². The highest BCUT2D eigenvalue weighted by Crippen LogP contribution is 2.22. The van der Waals surface area contributed by atoms with Gasteiger partial charge < -0.3 is 10.6 Å². The molecule has 3 rings (SSSR count). The van der Waals surface area contributed by atoms with Crippen LogP contribution in [-0.4, -0.2) is 17.1 Å². The molecule has 6 nitrogen and oxygen atoms in total. The normalized spacial score (nSPS) is 11.2. The molecule has 0 bridgehead atoms. The van der Waals surface area contributed by atoms with Crippen LogP contribution in [0.4, 0.5) is 16.2 Å². The van der Waals surface area contributed by atoms with Gasteiger partial charge in [0.15, 0.2) is 5.84 Å². The standard InChI is InChI=1S/C20H19BrN4O2S/c1-13-4-2-6-15(10-13)24-20(26)22-12-17-8-9-18(28-17)19(25-27)23-16-7-3-5-14(21)11-16/h2-11,27H,12H2,1H3,(H,23,25)(H2,22,24,26).